The number of para-hydroxylation sites is 1. The summed E-state index contributed by atoms with van der Waals surface area (Å²) in [4.78, 5) is 10.7. The SMILES string of the molecule is O=C(O)C(CO)NCc1cnn(-c2ccccc2)c1. The van der Waals surface area contributed by atoms with Crippen LogP contribution in [0.1, 0.15) is 5.56 Å². The van der Waals surface area contributed by atoms with Gasteiger partial charge in [-0.1, -0.05) is 18.2 Å². The Balaban J connectivity index is 2.00. The van der Waals surface area contributed by atoms with Crippen LogP contribution in [0, 0.1) is 0 Å². The highest BCUT2D eigenvalue weighted by molar-refractivity contribution is 5.73. The highest BCUT2D eigenvalue weighted by atomic mass is 16.4. The normalized spacial score (nSPS) is 12.3. The van der Waals surface area contributed by atoms with Crippen LogP contribution < -0.4 is 5.32 Å². The highest BCUT2D eigenvalue weighted by Crippen LogP contribution is 2.07. The second-order valence-corrected chi connectivity index (χ2v) is 4.08. The van der Waals surface area contributed by atoms with Gasteiger partial charge in [-0.2, -0.15) is 5.10 Å². The van der Waals surface area contributed by atoms with Gasteiger partial charge < -0.3 is 10.2 Å². The van der Waals surface area contributed by atoms with E-state index in [4.69, 9.17) is 10.2 Å². The van der Waals surface area contributed by atoms with Gasteiger partial charge in [-0.05, 0) is 12.1 Å². The number of aromatic nitrogens is 2. The number of hydrogen-bond acceptors (Lipinski definition) is 4. The Morgan fingerprint density at radius 3 is 2.74 bits per heavy atom. The molecule has 6 nitrogen and oxygen atoms in total. The van der Waals surface area contributed by atoms with Crippen molar-refractivity contribution in [3.05, 3.63) is 48.3 Å². The Morgan fingerprint density at radius 1 is 1.37 bits per heavy atom. The first kappa shape index (κ1) is 13.3. The van der Waals surface area contributed by atoms with Gasteiger partial charge in [0.15, 0.2) is 0 Å². The van der Waals surface area contributed by atoms with Gasteiger partial charge in [0, 0.05) is 18.3 Å². The van der Waals surface area contributed by atoms with Crippen LogP contribution in [0.2, 0.25) is 0 Å². The molecule has 0 aliphatic heterocycles. The zero-order valence-corrected chi connectivity index (χ0v) is 10.2. The summed E-state index contributed by atoms with van der Waals surface area (Å²) in [5.74, 6) is -1.07. The molecule has 1 aromatic carbocycles. The van der Waals surface area contributed by atoms with Crippen molar-refractivity contribution in [1.29, 1.82) is 0 Å². The zero-order chi connectivity index (χ0) is 13.7. The third-order valence-electron chi connectivity index (χ3n) is 2.69. The fourth-order valence-corrected chi connectivity index (χ4v) is 1.64. The minimum atomic E-state index is -1.07. The molecule has 0 bridgehead atoms. The lowest BCUT2D eigenvalue weighted by Gasteiger charge is -2.09. The van der Waals surface area contributed by atoms with Crippen LogP contribution in [-0.2, 0) is 11.3 Å². The van der Waals surface area contributed by atoms with Crippen molar-refractivity contribution in [3.8, 4) is 5.69 Å². The third kappa shape index (κ3) is 3.40. The van der Waals surface area contributed by atoms with Crippen LogP contribution in [0.25, 0.3) is 5.69 Å². The summed E-state index contributed by atoms with van der Waals surface area (Å²) in [7, 11) is 0. The molecule has 0 aliphatic rings. The highest BCUT2D eigenvalue weighted by Gasteiger charge is 2.15. The van der Waals surface area contributed by atoms with E-state index in [2.05, 4.69) is 10.4 Å². The van der Waals surface area contributed by atoms with Crippen molar-refractivity contribution in [2.75, 3.05) is 6.61 Å². The van der Waals surface area contributed by atoms with Crippen molar-refractivity contribution in [1.82, 2.24) is 15.1 Å². The molecular weight excluding hydrogens is 246 g/mol. The molecule has 1 heterocycles. The molecule has 0 aliphatic carbocycles. The van der Waals surface area contributed by atoms with Gasteiger partial charge in [-0.15, -0.1) is 0 Å². The Kier molecular flexibility index (Phi) is 4.27. The van der Waals surface area contributed by atoms with E-state index in [1.54, 1.807) is 10.9 Å². The van der Waals surface area contributed by atoms with Crippen LogP contribution in [0.4, 0.5) is 0 Å². The summed E-state index contributed by atoms with van der Waals surface area (Å²) < 4.78 is 1.71. The second-order valence-electron chi connectivity index (χ2n) is 4.08. The predicted molar refractivity (Wildman–Crippen MR) is 68.9 cm³/mol. The summed E-state index contributed by atoms with van der Waals surface area (Å²) in [6, 6.07) is 8.66. The standard InChI is InChI=1S/C13H15N3O3/c17-9-12(13(18)19)14-6-10-7-15-16(8-10)11-4-2-1-3-5-11/h1-5,7-8,12,14,17H,6,9H2,(H,18,19). The first-order valence-corrected chi connectivity index (χ1v) is 5.86. The number of aliphatic hydroxyl groups excluding tert-OH is 1. The largest absolute Gasteiger partial charge is 0.480 e. The molecule has 3 N–H and O–H groups in total. The number of aliphatic hydroxyl groups is 1. The van der Waals surface area contributed by atoms with Crippen LogP contribution in [0.3, 0.4) is 0 Å². The number of hydrogen-bond donors (Lipinski definition) is 3. The number of carboxylic acids is 1. The van der Waals surface area contributed by atoms with Gasteiger partial charge in [0.1, 0.15) is 6.04 Å². The molecule has 2 aromatic rings. The summed E-state index contributed by atoms with van der Waals surface area (Å²) in [5.41, 5.74) is 1.79. The van der Waals surface area contributed by atoms with Crippen molar-refractivity contribution in [2.24, 2.45) is 0 Å². The fraction of sp³-hybridized carbons (Fsp3) is 0.231. The molecule has 2 rings (SSSR count). The monoisotopic (exact) mass is 261 g/mol. The number of carbonyl (C=O) groups is 1. The lowest BCUT2D eigenvalue weighted by Crippen LogP contribution is -2.39. The number of benzene rings is 1. The van der Waals surface area contributed by atoms with Crippen LogP contribution >= 0.6 is 0 Å². The van der Waals surface area contributed by atoms with Crippen molar-refractivity contribution < 1.29 is 15.0 Å². The summed E-state index contributed by atoms with van der Waals surface area (Å²) in [6.45, 7) is -0.105. The van der Waals surface area contributed by atoms with Crippen LogP contribution in [0.15, 0.2) is 42.7 Å². The average Bonchev–Trinajstić information content (AvgIpc) is 2.89. The molecule has 19 heavy (non-hydrogen) atoms. The van der Waals surface area contributed by atoms with Gasteiger partial charge in [0.25, 0.3) is 0 Å². The minimum Gasteiger partial charge on any atom is -0.480 e. The number of rotatable bonds is 6. The van der Waals surface area contributed by atoms with E-state index >= 15 is 0 Å². The lowest BCUT2D eigenvalue weighted by atomic mass is 10.3. The van der Waals surface area contributed by atoms with Crippen molar-refractivity contribution in [3.63, 3.8) is 0 Å². The average molecular weight is 261 g/mol. The molecular formula is C13H15N3O3. The molecule has 0 spiro atoms. The number of nitrogens with one attached hydrogen (secondary N) is 1. The molecule has 0 saturated carbocycles. The predicted octanol–water partition coefficient (Wildman–Crippen LogP) is 0.407. The van der Waals surface area contributed by atoms with Crippen LogP contribution in [0.5, 0.6) is 0 Å². The van der Waals surface area contributed by atoms with Gasteiger partial charge in [-0.25, -0.2) is 4.68 Å². The number of nitrogens with zero attached hydrogens (tertiary/aromatic N) is 2. The maximum absolute atomic E-state index is 10.7. The smallest absolute Gasteiger partial charge is 0.323 e. The fourth-order valence-electron chi connectivity index (χ4n) is 1.64. The second kappa shape index (κ2) is 6.12. The minimum absolute atomic E-state index is 0.338. The van der Waals surface area contributed by atoms with E-state index in [0.717, 1.165) is 11.3 Å². The Morgan fingerprint density at radius 2 is 2.11 bits per heavy atom. The van der Waals surface area contributed by atoms with E-state index in [9.17, 15) is 4.79 Å². The number of aliphatic carboxylic acids is 1. The van der Waals surface area contributed by atoms with Crippen molar-refractivity contribution in [2.45, 2.75) is 12.6 Å². The van der Waals surface area contributed by atoms with Crippen molar-refractivity contribution >= 4 is 5.97 Å². The molecule has 0 saturated heterocycles. The summed E-state index contributed by atoms with van der Waals surface area (Å²) in [6.07, 6.45) is 3.48. The van der Waals surface area contributed by atoms with Gasteiger partial charge in [-0.3, -0.25) is 10.1 Å². The van der Waals surface area contributed by atoms with E-state index in [1.807, 2.05) is 36.5 Å². The quantitative estimate of drug-likeness (QED) is 0.701. The Bertz CT molecular complexity index is 539. The molecule has 1 unspecified atom stereocenters. The summed E-state index contributed by atoms with van der Waals surface area (Å²) >= 11 is 0. The maximum atomic E-state index is 10.7. The molecule has 0 radical (unpaired) electrons. The zero-order valence-electron chi connectivity index (χ0n) is 10.2. The van der Waals surface area contributed by atoms with Gasteiger partial charge in [0.2, 0.25) is 0 Å². The van der Waals surface area contributed by atoms with Crippen LogP contribution in [-0.4, -0.2) is 38.6 Å². The first-order valence-electron chi connectivity index (χ1n) is 5.86. The Hall–Kier alpha value is -2.18. The molecule has 1 aromatic heterocycles. The topological polar surface area (TPSA) is 87.4 Å². The lowest BCUT2D eigenvalue weighted by molar-refractivity contribution is -0.140. The molecule has 1 atom stereocenters. The first-order chi connectivity index (χ1) is 9.20. The molecule has 0 amide bonds. The summed E-state index contributed by atoms with van der Waals surface area (Å²) in [5, 5.41) is 24.6. The maximum Gasteiger partial charge on any atom is 0.323 e. The molecule has 100 valence electrons. The Labute approximate surface area is 110 Å². The van der Waals surface area contributed by atoms with Gasteiger partial charge in [0.05, 0.1) is 18.5 Å². The number of carboxylic acid groups (broad SMARTS) is 1. The van der Waals surface area contributed by atoms with E-state index in [-0.39, 0.29) is 0 Å². The molecule has 6 heteroatoms. The third-order valence-corrected chi connectivity index (χ3v) is 2.69. The molecule has 0 fully saturated rings. The van der Waals surface area contributed by atoms with E-state index < -0.39 is 18.6 Å². The van der Waals surface area contributed by atoms with E-state index in [0.29, 0.717) is 6.54 Å². The van der Waals surface area contributed by atoms with E-state index in [1.165, 1.54) is 0 Å². The van der Waals surface area contributed by atoms with Gasteiger partial charge >= 0.3 is 5.97 Å².